The van der Waals surface area contributed by atoms with E-state index in [4.69, 9.17) is 11.6 Å². The van der Waals surface area contributed by atoms with E-state index in [-0.39, 0.29) is 6.04 Å². The zero-order valence-corrected chi connectivity index (χ0v) is 20.8. The van der Waals surface area contributed by atoms with Crippen molar-refractivity contribution in [3.8, 4) is 11.1 Å². The molecule has 0 saturated heterocycles. The Kier molecular flexibility index (Phi) is 7.94. The Morgan fingerprint density at radius 1 is 1.19 bits per heavy atom. The molecule has 2 unspecified atom stereocenters. The second-order valence-corrected chi connectivity index (χ2v) is 10.4. The molecule has 0 radical (unpaired) electrons. The largest absolute Gasteiger partial charge is 0.588 e. The first kappa shape index (κ1) is 24.0. The van der Waals surface area contributed by atoms with Gasteiger partial charge in [-0.15, -0.1) is 0 Å². The molecule has 3 rings (SSSR count). The van der Waals surface area contributed by atoms with Crippen molar-refractivity contribution in [3.05, 3.63) is 64.4 Å². The monoisotopic (exact) mass is 460 g/mol. The van der Waals surface area contributed by atoms with Crippen LogP contribution in [-0.4, -0.2) is 41.6 Å². The fourth-order valence-corrected chi connectivity index (χ4v) is 5.01. The fraction of sp³-hybridized carbons (Fsp3) is 0.417. The second kappa shape index (κ2) is 10.3. The highest BCUT2D eigenvalue weighted by Gasteiger charge is 2.30. The first-order chi connectivity index (χ1) is 14.7. The minimum atomic E-state index is -1.34. The molecule has 0 bridgehead atoms. The number of benzene rings is 2. The summed E-state index contributed by atoms with van der Waals surface area (Å²) in [5.41, 5.74) is 8.72. The van der Waals surface area contributed by atoms with Crippen molar-refractivity contribution in [2.24, 2.45) is 5.92 Å². The van der Waals surface area contributed by atoms with Gasteiger partial charge >= 0.3 is 0 Å². The van der Waals surface area contributed by atoms with E-state index >= 15 is 0 Å². The minimum absolute atomic E-state index is 0.145. The van der Waals surface area contributed by atoms with Crippen LogP contribution in [0, 0.1) is 5.92 Å². The van der Waals surface area contributed by atoms with E-state index in [1.165, 1.54) is 5.56 Å². The van der Waals surface area contributed by atoms with Crippen molar-refractivity contribution in [2.75, 3.05) is 21.1 Å². The quantitative estimate of drug-likeness (QED) is 0.555. The van der Waals surface area contributed by atoms with Gasteiger partial charge in [-0.25, -0.2) is 10.1 Å². The minimum Gasteiger partial charge on any atom is -0.588 e. The highest BCUT2D eigenvalue weighted by Crippen LogP contribution is 2.30. The van der Waals surface area contributed by atoms with Gasteiger partial charge in [0.2, 0.25) is 0 Å². The van der Waals surface area contributed by atoms with Crippen LogP contribution in [0.1, 0.15) is 32.8 Å². The van der Waals surface area contributed by atoms with Crippen LogP contribution < -0.4 is 10.1 Å². The summed E-state index contributed by atoms with van der Waals surface area (Å²) in [6, 6.07) is 14.1. The Balaban J connectivity index is 1.77. The Hall–Kier alpha value is -1.70. The van der Waals surface area contributed by atoms with E-state index < -0.39 is 11.4 Å². The molecule has 2 aromatic carbocycles. The van der Waals surface area contributed by atoms with Crippen LogP contribution in [0.25, 0.3) is 11.1 Å². The van der Waals surface area contributed by atoms with E-state index in [2.05, 4.69) is 41.0 Å². The maximum absolute atomic E-state index is 13.1. The smallest absolute Gasteiger partial charge is 0.179 e. The van der Waals surface area contributed by atoms with Crippen LogP contribution >= 0.6 is 11.6 Å². The molecule has 2 atom stereocenters. The lowest BCUT2D eigenvalue weighted by Gasteiger charge is -2.20. The summed E-state index contributed by atoms with van der Waals surface area (Å²) in [6.45, 7) is 7.28. The maximum atomic E-state index is 13.1. The molecule has 0 aliphatic carbocycles. The molecule has 31 heavy (non-hydrogen) atoms. The number of nitrogens with zero attached hydrogens (tertiary/aromatic N) is 2. The van der Waals surface area contributed by atoms with Crippen molar-refractivity contribution >= 4 is 23.0 Å². The van der Waals surface area contributed by atoms with Crippen molar-refractivity contribution in [3.63, 3.8) is 0 Å². The maximum Gasteiger partial charge on any atom is 0.179 e. The Labute approximate surface area is 194 Å². The Morgan fingerprint density at radius 3 is 2.48 bits per heavy atom. The molecular weight excluding hydrogens is 428 g/mol. The molecule has 2 N–H and O–H groups in total. The average molecular weight is 461 g/mol. The summed E-state index contributed by atoms with van der Waals surface area (Å²) in [5.74, 6) is 0.536. The van der Waals surface area contributed by atoms with Gasteiger partial charge in [-0.1, -0.05) is 31.5 Å². The third kappa shape index (κ3) is 5.96. The van der Waals surface area contributed by atoms with E-state index in [0.717, 1.165) is 40.4 Å². The summed E-state index contributed by atoms with van der Waals surface area (Å²) in [4.78, 5) is 2.87. The Bertz CT molecular complexity index is 930. The van der Waals surface area contributed by atoms with Crippen molar-refractivity contribution in [1.29, 1.82) is 0 Å². The zero-order chi connectivity index (χ0) is 22.7. The molecule has 2 aromatic rings. The molecule has 0 aromatic heterocycles. The van der Waals surface area contributed by atoms with Gasteiger partial charge in [0.05, 0.1) is 17.4 Å². The number of nitrogens with one attached hydrogen (secondary N) is 2. The normalized spacial score (nSPS) is 17.7. The molecule has 0 amide bonds. The van der Waals surface area contributed by atoms with Gasteiger partial charge < -0.3 is 14.5 Å². The number of rotatable bonds is 8. The van der Waals surface area contributed by atoms with E-state index in [9.17, 15) is 4.55 Å². The molecule has 1 aliphatic heterocycles. The molecule has 0 spiro atoms. The predicted octanol–water partition coefficient (Wildman–Crippen LogP) is 4.78. The first-order valence-corrected chi connectivity index (χ1v) is 12.1. The molecule has 5 nitrogen and oxygen atoms in total. The SMILES string of the molecule is CC1=C(N[S+]([O-])c2ccc(-c3cc(CN(C)C)ccc3Cl)cc2)C(CC(C)C)NN1C. The number of hydrazine groups is 1. The zero-order valence-electron chi connectivity index (χ0n) is 19.2. The van der Waals surface area contributed by atoms with Gasteiger partial charge in [0, 0.05) is 24.2 Å². The van der Waals surface area contributed by atoms with Crippen LogP contribution in [0.5, 0.6) is 0 Å². The molecular formula is C24H33ClN4OS. The van der Waals surface area contributed by atoms with Crippen LogP contribution in [0.3, 0.4) is 0 Å². The van der Waals surface area contributed by atoms with E-state index in [0.29, 0.717) is 10.9 Å². The topological polar surface area (TPSA) is 53.6 Å². The third-order valence-electron chi connectivity index (χ3n) is 5.41. The lowest BCUT2D eigenvalue weighted by Crippen LogP contribution is -2.38. The average Bonchev–Trinajstić information content (AvgIpc) is 2.96. The summed E-state index contributed by atoms with van der Waals surface area (Å²) in [6.07, 6.45) is 0.974. The second-order valence-electron chi connectivity index (χ2n) is 8.82. The molecule has 1 heterocycles. The van der Waals surface area contributed by atoms with E-state index in [1.54, 1.807) is 0 Å². The highest BCUT2D eigenvalue weighted by atomic mass is 35.5. The van der Waals surface area contributed by atoms with Gasteiger partial charge in [-0.05, 0) is 80.9 Å². The number of hydrogen-bond acceptors (Lipinski definition) is 5. The summed E-state index contributed by atoms with van der Waals surface area (Å²) >= 11 is 5.13. The number of halogens is 1. The molecule has 168 valence electrons. The van der Waals surface area contributed by atoms with Gasteiger partial charge in [-0.2, -0.15) is 0 Å². The van der Waals surface area contributed by atoms with Gasteiger partial charge in [0.15, 0.2) is 4.90 Å². The fourth-order valence-electron chi connectivity index (χ4n) is 3.79. The summed E-state index contributed by atoms with van der Waals surface area (Å²) in [5, 5.41) is 2.71. The van der Waals surface area contributed by atoms with Gasteiger partial charge in [0.1, 0.15) is 11.4 Å². The number of allylic oxidation sites excluding steroid dienone is 1. The van der Waals surface area contributed by atoms with Crippen LogP contribution in [0.15, 0.2) is 58.8 Å². The molecule has 0 fully saturated rings. The standard InChI is InChI=1S/C24H33ClN4OS/c1-16(2)13-23-24(17(3)29(6)26-23)27-31(30)20-10-8-19(9-11-20)21-14-18(15-28(4)5)7-12-22(21)25/h7-12,14,16,23,26-27H,13,15H2,1-6H3. The van der Waals surface area contributed by atoms with Crippen molar-refractivity contribution in [2.45, 2.75) is 44.7 Å². The lowest BCUT2D eigenvalue weighted by atomic mass is 10.0. The molecule has 1 aliphatic rings. The first-order valence-electron chi connectivity index (χ1n) is 10.6. The van der Waals surface area contributed by atoms with E-state index in [1.807, 2.05) is 63.4 Å². The molecule has 7 heteroatoms. The van der Waals surface area contributed by atoms with Crippen LogP contribution in [-0.2, 0) is 17.9 Å². The number of hydrogen-bond donors (Lipinski definition) is 2. The molecule has 0 saturated carbocycles. The van der Waals surface area contributed by atoms with Crippen LogP contribution in [0.4, 0.5) is 0 Å². The third-order valence-corrected chi connectivity index (χ3v) is 6.84. The van der Waals surface area contributed by atoms with Crippen molar-refractivity contribution in [1.82, 2.24) is 20.1 Å². The lowest BCUT2D eigenvalue weighted by molar-refractivity contribution is 0.289. The van der Waals surface area contributed by atoms with Gasteiger partial charge in [-0.3, -0.25) is 0 Å². The van der Waals surface area contributed by atoms with Crippen molar-refractivity contribution < 1.29 is 4.55 Å². The predicted molar refractivity (Wildman–Crippen MR) is 131 cm³/mol. The van der Waals surface area contributed by atoms with Crippen LogP contribution in [0.2, 0.25) is 5.02 Å². The van der Waals surface area contributed by atoms with Gasteiger partial charge in [0.25, 0.3) is 0 Å². The highest BCUT2D eigenvalue weighted by molar-refractivity contribution is 7.89. The summed E-state index contributed by atoms with van der Waals surface area (Å²) in [7, 11) is 6.08. The summed E-state index contributed by atoms with van der Waals surface area (Å²) < 4.78 is 16.3. The Morgan fingerprint density at radius 2 is 1.87 bits per heavy atom.